The van der Waals surface area contributed by atoms with Gasteiger partial charge in [0.15, 0.2) is 0 Å². The van der Waals surface area contributed by atoms with Gasteiger partial charge in [-0.15, -0.1) is 0 Å². The summed E-state index contributed by atoms with van der Waals surface area (Å²) < 4.78 is 17.6. The van der Waals surface area contributed by atoms with Gasteiger partial charge in [0.1, 0.15) is 18.3 Å². The summed E-state index contributed by atoms with van der Waals surface area (Å²) in [4.78, 5) is 25.7. The largest absolute Gasteiger partial charge is 0.462 e. The van der Waals surface area contributed by atoms with Crippen LogP contribution in [0.4, 0.5) is 0 Å². The van der Waals surface area contributed by atoms with Gasteiger partial charge in [-0.3, -0.25) is 4.79 Å². The van der Waals surface area contributed by atoms with Crippen molar-refractivity contribution in [3.05, 3.63) is 11.6 Å². The molecule has 2 fully saturated rings. The molecule has 6 nitrogen and oxygen atoms in total. The minimum Gasteiger partial charge on any atom is -0.462 e. The molecule has 0 radical (unpaired) electrons. The first-order chi connectivity index (χ1) is 14.6. The molecule has 174 valence electrons. The number of aliphatic hydroxyl groups is 1. The zero-order valence-electron chi connectivity index (χ0n) is 18.9. The molecule has 0 amide bonds. The second kappa shape index (κ2) is 8.92. The summed E-state index contributed by atoms with van der Waals surface area (Å²) in [5, 5.41) is 10.7. The van der Waals surface area contributed by atoms with Crippen molar-refractivity contribution in [3.63, 3.8) is 0 Å². The first kappa shape index (κ1) is 23.5. The Kier molecular flexibility index (Phi) is 6.75. The quantitative estimate of drug-likeness (QED) is 0.449. The molecule has 0 aromatic heterocycles. The fourth-order valence-corrected chi connectivity index (χ4v) is 7.41. The van der Waals surface area contributed by atoms with Crippen LogP contribution in [0.25, 0.3) is 0 Å². The van der Waals surface area contributed by atoms with Gasteiger partial charge in [-0.25, -0.2) is 4.79 Å². The Labute approximate surface area is 193 Å². The molecule has 31 heavy (non-hydrogen) atoms. The number of epoxide rings is 1. The van der Waals surface area contributed by atoms with E-state index in [4.69, 9.17) is 14.2 Å². The van der Waals surface area contributed by atoms with Gasteiger partial charge in [-0.2, -0.15) is 23.5 Å². The van der Waals surface area contributed by atoms with Crippen molar-refractivity contribution in [2.45, 2.75) is 76.3 Å². The molecule has 1 unspecified atom stereocenters. The van der Waals surface area contributed by atoms with Crippen LogP contribution < -0.4 is 0 Å². The van der Waals surface area contributed by atoms with Gasteiger partial charge in [0.25, 0.3) is 0 Å². The maximum absolute atomic E-state index is 12.9. The minimum absolute atomic E-state index is 0.213. The lowest BCUT2D eigenvalue weighted by Gasteiger charge is -2.27. The number of hydrogen-bond acceptors (Lipinski definition) is 8. The van der Waals surface area contributed by atoms with E-state index in [0.717, 1.165) is 11.5 Å². The first-order valence-corrected chi connectivity index (χ1v) is 13.5. The van der Waals surface area contributed by atoms with Gasteiger partial charge in [-0.05, 0) is 36.3 Å². The topological polar surface area (TPSA) is 85.4 Å². The molecule has 0 aromatic rings. The number of fused-ring (bicyclic) bond motifs is 4. The highest BCUT2D eigenvalue weighted by atomic mass is 32.2. The number of rotatable bonds is 7. The molecule has 1 N–H and O–H groups in total. The monoisotopic (exact) mass is 470 g/mol. The summed E-state index contributed by atoms with van der Waals surface area (Å²) in [6.45, 7) is 10.5. The Hall–Kier alpha value is -0.700. The van der Waals surface area contributed by atoms with E-state index < -0.39 is 23.1 Å². The van der Waals surface area contributed by atoms with Gasteiger partial charge in [0, 0.05) is 12.2 Å². The van der Waals surface area contributed by atoms with Crippen LogP contribution in [0, 0.1) is 23.7 Å². The summed E-state index contributed by atoms with van der Waals surface area (Å²) in [6, 6.07) is 0. The fourth-order valence-electron chi connectivity index (χ4n) is 4.91. The minimum atomic E-state index is -0.808. The maximum atomic E-state index is 12.9. The maximum Gasteiger partial charge on any atom is 0.335 e. The molecule has 3 heterocycles. The lowest BCUT2D eigenvalue weighted by atomic mass is 9.80. The number of carbonyl (C=O) groups is 2. The van der Waals surface area contributed by atoms with Crippen LogP contribution >= 0.6 is 23.5 Å². The van der Waals surface area contributed by atoms with Crippen LogP contribution in [0.3, 0.4) is 0 Å². The molecule has 0 aromatic carbocycles. The molecule has 8 atom stereocenters. The molecule has 4 rings (SSSR count). The highest BCUT2D eigenvalue weighted by Gasteiger charge is 2.64. The van der Waals surface area contributed by atoms with Crippen LogP contribution in [0.2, 0.25) is 0 Å². The van der Waals surface area contributed by atoms with E-state index in [0.29, 0.717) is 29.6 Å². The standard InChI is InChI=1S/C23H34O6S2/c1-11(2)8-30-10-14-17-15-6-13(21(25)27-15)19(31-9-12(3)4)18(24)20-23(5,29-20)7-16(17)28-22(14)26/h6,11-12,14-20,24H,7-10H2,1-5H3/t14?,15-,16+,17+,18+,19+,20+,23+/m1/s1. The predicted molar refractivity (Wildman–Crippen MR) is 122 cm³/mol. The molecule has 2 saturated heterocycles. The normalized spacial score (nSPS) is 41.5. The Bertz CT molecular complexity index is 752. The number of aliphatic hydroxyl groups excluding tert-OH is 1. The van der Waals surface area contributed by atoms with Crippen molar-refractivity contribution in [2.75, 3.05) is 17.3 Å². The van der Waals surface area contributed by atoms with Gasteiger partial charge in [0.05, 0.1) is 34.4 Å². The summed E-state index contributed by atoms with van der Waals surface area (Å²) >= 11 is 3.34. The number of ether oxygens (including phenoxy) is 3. The second-order valence-corrected chi connectivity index (χ2v) is 12.5. The smallest absolute Gasteiger partial charge is 0.335 e. The van der Waals surface area contributed by atoms with E-state index in [-0.39, 0.29) is 36.0 Å². The van der Waals surface area contributed by atoms with Crippen LogP contribution in [-0.4, -0.2) is 69.6 Å². The summed E-state index contributed by atoms with van der Waals surface area (Å²) in [6.07, 6.45) is 0.294. The number of esters is 2. The summed E-state index contributed by atoms with van der Waals surface area (Å²) in [7, 11) is 0. The van der Waals surface area contributed by atoms with E-state index in [2.05, 4.69) is 27.7 Å². The van der Waals surface area contributed by atoms with E-state index in [1.807, 2.05) is 13.0 Å². The molecule has 0 saturated carbocycles. The average Bonchev–Trinajstić information content (AvgIpc) is 3.04. The lowest BCUT2D eigenvalue weighted by molar-refractivity contribution is -0.144. The van der Waals surface area contributed by atoms with Crippen molar-refractivity contribution in [1.82, 2.24) is 0 Å². The molecular weight excluding hydrogens is 436 g/mol. The summed E-state index contributed by atoms with van der Waals surface area (Å²) in [5.74, 6) is 2.29. The zero-order valence-corrected chi connectivity index (χ0v) is 20.5. The van der Waals surface area contributed by atoms with E-state index in [9.17, 15) is 14.7 Å². The average molecular weight is 471 g/mol. The van der Waals surface area contributed by atoms with E-state index >= 15 is 0 Å². The molecule has 2 bridgehead atoms. The van der Waals surface area contributed by atoms with Crippen LogP contribution in [0.1, 0.15) is 41.0 Å². The van der Waals surface area contributed by atoms with Crippen molar-refractivity contribution >= 4 is 35.5 Å². The first-order valence-electron chi connectivity index (χ1n) is 11.3. The van der Waals surface area contributed by atoms with Crippen LogP contribution in [0.5, 0.6) is 0 Å². The van der Waals surface area contributed by atoms with Gasteiger partial charge in [0.2, 0.25) is 0 Å². The van der Waals surface area contributed by atoms with Crippen molar-refractivity contribution in [1.29, 1.82) is 0 Å². The predicted octanol–water partition coefficient (Wildman–Crippen LogP) is 3.07. The van der Waals surface area contributed by atoms with Gasteiger partial charge < -0.3 is 19.3 Å². The van der Waals surface area contributed by atoms with Crippen molar-refractivity contribution in [2.24, 2.45) is 23.7 Å². The number of hydrogen-bond donors (Lipinski definition) is 1. The van der Waals surface area contributed by atoms with E-state index in [1.165, 1.54) is 0 Å². The Morgan fingerprint density at radius 1 is 1.16 bits per heavy atom. The Morgan fingerprint density at radius 3 is 2.55 bits per heavy atom. The van der Waals surface area contributed by atoms with E-state index in [1.54, 1.807) is 23.5 Å². The van der Waals surface area contributed by atoms with Crippen LogP contribution in [0.15, 0.2) is 11.6 Å². The molecular formula is C23H34O6S2. The van der Waals surface area contributed by atoms with Crippen molar-refractivity contribution in [3.8, 4) is 0 Å². The third-order valence-corrected chi connectivity index (χ3v) is 9.75. The molecule has 4 aliphatic rings. The number of carbonyl (C=O) groups excluding carboxylic acids is 2. The third-order valence-electron chi connectivity index (χ3n) is 6.50. The molecule has 8 heteroatoms. The molecule has 3 aliphatic heterocycles. The SMILES string of the molecule is CC(C)CSCC1C(=O)O[C@H]2C[C@]3(C)O[C@H]3[C@@H](O)[C@@H](SCC(C)C)C3=C[C@@H](OC3=O)[C@H]12. The second-order valence-electron chi connectivity index (χ2n) is 10.3. The number of thioether (sulfide) groups is 2. The van der Waals surface area contributed by atoms with Crippen molar-refractivity contribution < 1.29 is 28.9 Å². The molecule has 0 spiro atoms. The van der Waals surface area contributed by atoms with Crippen LogP contribution in [-0.2, 0) is 23.8 Å². The Balaban J connectivity index is 1.64. The van der Waals surface area contributed by atoms with Gasteiger partial charge in [-0.1, -0.05) is 27.7 Å². The Morgan fingerprint density at radius 2 is 1.87 bits per heavy atom. The third kappa shape index (κ3) is 4.68. The molecule has 1 aliphatic carbocycles. The van der Waals surface area contributed by atoms with Gasteiger partial charge >= 0.3 is 11.9 Å². The zero-order chi connectivity index (χ0) is 22.5. The highest BCUT2D eigenvalue weighted by Crippen LogP contribution is 2.51. The highest BCUT2D eigenvalue weighted by molar-refractivity contribution is 8.00. The lowest BCUT2D eigenvalue weighted by Crippen LogP contribution is -2.39. The fraction of sp³-hybridized carbons (Fsp3) is 0.826. The summed E-state index contributed by atoms with van der Waals surface area (Å²) in [5.41, 5.74) is -0.0471.